The summed E-state index contributed by atoms with van der Waals surface area (Å²) < 4.78 is 0. The monoisotopic (exact) mass is 153 g/mol. The summed E-state index contributed by atoms with van der Waals surface area (Å²) in [6.45, 7) is 7.34. The number of hydrogen-bond acceptors (Lipinski definition) is 2. The number of nitrogens with zero attached hydrogens (tertiary/aromatic N) is 1. The SMILES string of the molecule is C=C[C@H](C)[C@H](O)[C@@H](C)CC#N. The molecule has 0 aliphatic heterocycles. The minimum atomic E-state index is -0.438. The van der Waals surface area contributed by atoms with Gasteiger partial charge < -0.3 is 5.11 Å². The van der Waals surface area contributed by atoms with Crippen LogP contribution in [-0.2, 0) is 0 Å². The third-order valence-corrected chi connectivity index (χ3v) is 1.91. The molecule has 0 aliphatic carbocycles. The van der Waals surface area contributed by atoms with Crippen molar-refractivity contribution in [1.82, 2.24) is 0 Å². The average molecular weight is 153 g/mol. The van der Waals surface area contributed by atoms with Crippen molar-refractivity contribution in [2.45, 2.75) is 26.4 Å². The van der Waals surface area contributed by atoms with Crippen LogP contribution in [0, 0.1) is 23.2 Å². The molecule has 0 aromatic heterocycles. The first-order chi connectivity index (χ1) is 5.13. The summed E-state index contributed by atoms with van der Waals surface area (Å²) in [7, 11) is 0. The van der Waals surface area contributed by atoms with Gasteiger partial charge in [-0.05, 0) is 11.8 Å². The number of nitriles is 1. The number of aliphatic hydroxyl groups excluding tert-OH is 1. The average Bonchev–Trinajstić information content (AvgIpc) is 2.02. The topological polar surface area (TPSA) is 44.0 Å². The highest BCUT2D eigenvalue weighted by atomic mass is 16.3. The highest BCUT2D eigenvalue weighted by molar-refractivity contribution is 4.87. The van der Waals surface area contributed by atoms with Crippen LogP contribution in [0.5, 0.6) is 0 Å². The molecular weight excluding hydrogens is 138 g/mol. The van der Waals surface area contributed by atoms with Gasteiger partial charge in [-0.2, -0.15) is 5.26 Å². The third-order valence-electron chi connectivity index (χ3n) is 1.91. The second-order valence-corrected chi connectivity index (χ2v) is 2.92. The molecule has 0 amide bonds. The van der Waals surface area contributed by atoms with Gasteiger partial charge in [0.2, 0.25) is 0 Å². The van der Waals surface area contributed by atoms with E-state index in [0.29, 0.717) is 6.42 Å². The van der Waals surface area contributed by atoms with E-state index in [1.165, 1.54) is 0 Å². The van der Waals surface area contributed by atoms with Gasteiger partial charge in [0.15, 0.2) is 0 Å². The Balaban J connectivity index is 3.91. The van der Waals surface area contributed by atoms with Crippen LogP contribution in [-0.4, -0.2) is 11.2 Å². The zero-order valence-electron chi connectivity index (χ0n) is 7.12. The van der Waals surface area contributed by atoms with E-state index in [4.69, 9.17) is 5.26 Å². The molecule has 0 fully saturated rings. The first-order valence-corrected chi connectivity index (χ1v) is 3.81. The molecule has 0 heterocycles. The number of aliphatic hydroxyl groups is 1. The predicted octanol–water partition coefficient (Wildman–Crippen LogP) is 1.72. The standard InChI is InChI=1S/C9H15NO/c1-4-7(2)9(11)8(3)5-6-10/h4,7-9,11H,1,5H2,2-3H3/t7-,8-,9-/m0/s1. The van der Waals surface area contributed by atoms with Gasteiger partial charge in [-0.25, -0.2) is 0 Å². The van der Waals surface area contributed by atoms with E-state index >= 15 is 0 Å². The van der Waals surface area contributed by atoms with Crippen molar-refractivity contribution in [3.63, 3.8) is 0 Å². The molecule has 62 valence electrons. The molecule has 0 saturated heterocycles. The molecule has 0 bridgehead atoms. The molecular formula is C9H15NO. The summed E-state index contributed by atoms with van der Waals surface area (Å²) >= 11 is 0. The van der Waals surface area contributed by atoms with E-state index in [-0.39, 0.29) is 11.8 Å². The molecule has 0 rings (SSSR count). The van der Waals surface area contributed by atoms with E-state index in [1.807, 2.05) is 19.9 Å². The molecule has 0 spiro atoms. The maximum absolute atomic E-state index is 9.49. The molecule has 11 heavy (non-hydrogen) atoms. The van der Waals surface area contributed by atoms with E-state index in [1.54, 1.807) is 6.08 Å². The summed E-state index contributed by atoms with van der Waals surface area (Å²) in [5.74, 6) is 0.103. The van der Waals surface area contributed by atoms with Crippen molar-refractivity contribution in [1.29, 1.82) is 5.26 Å². The van der Waals surface area contributed by atoms with E-state index < -0.39 is 6.10 Å². The number of hydrogen-bond donors (Lipinski definition) is 1. The van der Waals surface area contributed by atoms with Crippen molar-refractivity contribution in [2.75, 3.05) is 0 Å². The summed E-state index contributed by atoms with van der Waals surface area (Å²) in [6.07, 6.45) is 1.67. The smallest absolute Gasteiger partial charge is 0.0635 e. The molecule has 0 aromatic carbocycles. The van der Waals surface area contributed by atoms with Gasteiger partial charge in [-0.1, -0.05) is 19.9 Å². The normalized spacial score (nSPS) is 18.0. The molecule has 3 atom stereocenters. The molecule has 2 nitrogen and oxygen atoms in total. The lowest BCUT2D eigenvalue weighted by molar-refractivity contribution is 0.0851. The lowest BCUT2D eigenvalue weighted by atomic mass is 9.92. The zero-order valence-corrected chi connectivity index (χ0v) is 7.12. The van der Waals surface area contributed by atoms with Crippen molar-refractivity contribution in [2.24, 2.45) is 11.8 Å². The summed E-state index contributed by atoms with van der Waals surface area (Å²) in [5.41, 5.74) is 0. The highest BCUT2D eigenvalue weighted by Gasteiger charge is 2.17. The maximum atomic E-state index is 9.49. The lowest BCUT2D eigenvalue weighted by Crippen LogP contribution is -2.23. The van der Waals surface area contributed by atoms with Gasteiger partial charge >= 0.3 is 0 Å². The van der Waals surface area contributed by atoms with Crippen LogP contribution in [0.4, 0.5) is 0 Å². The maximum Gasteiger partial charge on any atom is 0.0635 e. The van der Waals surface area contributed by atoms with Crippen molar-refractivity contribution in [3.8, 4) is 6.07 Å². The van der Waals surface area contributed by atoms with Gasteiger partial charge in [-0.15, -0.1) is 6.58 Å². The first kappa shape index (κ1) is 10.2. The fourth-order valence-electron chi connectivity index (χ4n) is 0.922. The predicted molar refractivity (Wildman–Crippen MR) is 44.8 cm³/mol. The molecule has 1 N–H and O–H groups in total. The van der Waals surface area contributed by atoms with E-state index in [0.717, 1.165) is 0 Å². The molecule has 0 saturated carbocycles. The zero-order chi connectivity index (χ0) is 8.85. The Labute approximate surface area is 68.2 Å². The van der Waals surface area contributed by atoms with Crippen LogP contribution in [0.2, 0.25) is 0 Å². The van der Waals surface area contributed by atoms with E-state index in [2.05, 4.69) is 6.58 Å². The Morgan fingerprint density at radius 3 is 2.55 bits per heavy atom. The number of rotatable bonds is 4. The molecule has 0 unspecified atom stereocenters. The van der Waals surface area contributed by atoms with Gasteiger partial charge in [0, 0.05) is 6.42 Å². The van der Waals surface area contributed by atoms with Gasteiger partial charge in [0.05, 0.1) is 12.2 Å². The Kier molecular flexibility index (Phi) is 4.56. The Morgan fingerprint density at radius 2 is 2.18 bits per heavy atom. The van der Waals surface area contributed by atoms with Crippen LogP contribution < -0.4 is 0 Å². The molecule has 0 radical (unpaired) electrons. The minimum absolute atomic E-state index is 0.0352. The summed E-state index contributed by atoms with van der Waals surface area (Å²) in [6, 6.07) is 2.03. The fourth-order valence-corrected chi connectivity index (χ4v) is 0.922. The van der Waals surface area contributed by atoms with Crippen LogP contribution in [0.15, 0.2) is 12.7 Å². The Hall–Kier alpha value is -0.810. The molecule has 0 aliphatic rings. The summed E-state index contributed by atoms with van der Waals surface area (Å²) in [5, 5.41) is 17.8. The highest BCUT2D eigenvalue weighted by Crippen LogP contribution is 2.15. The van der Waals surface area contributed by atoms with Gasteiger partial charge in [0.1, 0.15) is 0 Å². The van der Waals surface area contributed by atoms with Gasteiger partial charge in [0.25, 0.3) is 0 Å². The van der Waals surface area contributed by atoms with Crippen LogP contribution >= 0.6 is 0 Å². The second kappa shape index (κ2) is 4.92. The Bertz CT molecular complexity index is 159. The van der Waals surface area contributed by atoms with Crippen LogP contribution in [0.1, 0.15) is 20.3 Å². The van der Waals surface area contributed by atoms with Crippen molar-refractivity contribution < 1.29 is 5.11 Å². The van der Waals surface area contributed by atoms with E-state index in [9.17, 15) is 5.11 Å². The Morgan fingerprint density at radius 1 is 1.64 bits per heavy atom. The third kappa shape index (κ3) is 3.20. The molecule has 2 heteroatoms. The quantitative estimate of drug-likeness (QED) is 0.625. The van der Waals surface area contributed by atoms with Crippen LogP contribution in [0.25, 0.3) is 0 Å². The fraction of sp³-hybridized carbons (Fsp3) is 0.667. The second-order valence-electron chi connectivity index (χ2n) is 2.92. The van der Waals surface area contributed by atoms with Crippen LogP contribution in [0.3, 0.4) is 0 Å². The lowest BCUT2D eigenvalue weighted by Gasteiger charge is -2.19. The van der Waals surface area contributed by atoms with Gasteiger partial charge in [-0.3, -0.25) is 0 Å². The largest absolute Gasteiger partial charge is 0.392 e. The van der Waals surface area contributed by atoms with Crippen molar-refractivity contribution in [3.05, 3.63) is 12.7 Å². The van der Waals surface area contributed by atoms with Crippen molar-refractivity contribution >= 4 is 0 Å². The minimum Gasteiger partial charge on any atom is -0.392 e. The summed E-state index contributed by atoms with van der Waals surface area (Å²) in [4.78, 5) is 0. The molecule has 0 aromatic rings. The first-order valence-electron chi connectivity index (χ1n) is 3.81.